The van der Waals surface area contributed by atoms with Crippen LogP contribution in [0.3, 0.4) is 0 Å². The number of hydrogen-bond acceptors (Lipinski definition) is 10. The van der Waals surface area contributed by atoms with Crippen LogP contribution in [0.15, 0.2) is 0 Å². The first kappa shape index (κ1) is 23.9. The van der Waals surface area contributed by atoms with Gasteiger partial charge in [0.05, 0.1) is 0 Å². The fourth-order valence-corrected chi connectivity index (χ4v) is 2.59. The van der Waals surface area contributed by atoms with E-state index in [1.165, 1.54) is 6.92 Å². The number of hydrogen-bond donors (Lipinski definition) is 1. The van der Waals surface area contributed by atoms with Crippen LogP contribution in [-0.4, -0.2) is 60.3 Å². The summed E-state index contributed by atoms with van der Waals surface area (Å²) in [4.78, 5) is 45.1. The molecule has 0 aliphatic carbocycles. The Hall–Kier alpha value is -1.07. The van der Waals surface area contributed by atoms with E-state index in [0.717, 1.165) is 20.8 Å². The molecule has 25 heavy (non-hydrogen) atoms. The van der Waals surface area contributed by atoms with Crippen LogP contribution in [0, 0.1) is 0 Å². The van der Waals surface area contributed by atoms with Gasteiger partial charge in [-0.1, -0.05) is 0 Å². The molecule has 1 rings (SSSR count). The molecule has 0 amide bonds. The standard InChI is InChI=1S/C14H20O9S.Ag/c1-6(15)19-5-10-11(20-7(2)16)12(21-8(3)17)13(14(24)23-10)22-9(4)18;/h10-14,24H,5H2,1-4H3;/t10-,11-,12+,13-,14+;/m1./s1. The van der Waals surface area contributed by atoms with Crippen molar-refractivity contribution in [3.63, 3.8) is 0 Å². The molecule has 147 valence electrons. The molecule has 1 aliphatic heterocycles. The molecule has 1 aliphatic rings. The van der Waals surface area contributed by atoms with Gasteiger partial charge >= 0.3 is 23.9 Å². The Labute approximate surface area is 165 Å². The van der Waals surface area contributed by atoms with Crippen molar-refractivity contribution in [3.8, 4) is 0 Å². The molecule has 1 radical (unpaired) electrons. The second-order valence-corrected chi connectivity index (χ2v) is 5.60. The summed E-state index contributed by atoms with van der Waals surface area (Å²) < 4.78 is 25.8. The smallest absolute Gasteiger partial charge is 0.303 e. The van der Waals surface area contributed by atoms with Crippen molar-refractivity contribution in [3.05, 3.63) is 0 Å². The van der Waals surface area contributed by atoms with Crippen LogP contribution in [0.5, 0.6) is 0 Å². The Morgan fingerprint density at radius 1 is 0.800 bits per heavy atom. The molecular weight excluding hydrogens is 452 g/mol. The van der Waals surface area contributed by atoms with Gasteiger partial charge in [0.2, 0.25) is 0 Å². The van der Waals surface area contributed by atoms with E-state index in [4.69, 9.17) is 23.7 Å². The maximum absolute atomic E-state index is 11.4. The van der Waals surface area contributed by atoms with Gasteiger partial charge in [-0.25, -0.2) is 0 Å². The van der Waals surface area contributed by atoms with Gasteiger partial charge in [-0.3, -0.25) is 19.2 Å². The summed E-state index contributed by atoms with van der Waals surface area (Å²) in [6.07, 6.45) is -4.35. The summed E-state index contributed by atoms with van der Waals surface area (Å²) in [7, 11) is 0. The molecule has 0 saturated carbocycles. The third-order valence-corrected chi connectivity index (χ3v) is 3.38. The van der Waals surface area contributed by atoms with Gasteiger partial charge in [0.25, 0.3) is 0 Å². The molecule has 0 bridgehead atoms. The first-order valence-electron chi connectivity index (χ1n) is 7.10. The minimum absolute atomic E-state index is 0. The number of rotatable bonds is 5. The molecule has 0 N–H and O–H groups in total. The van der Waals surface area contributed by atoms with Crippen molar-refractivity contribution in [2.24, 2.45) is 0 Å². The molecule has 0 aromatic rings. The summed E-state index contributed by atoms with van der Waals surface area (Å²) in [6.45, 7) is 4.42. The van der Waals surface area contributed by atoms with Crippen LogP contribution >= 0.6 is 12.6 Å². The fourth-order valence-electron chi connectivity index (χ4n) is 2.21. The average molecular weight is 472 g/mol. The summed E-state index contributed by atoms with van der Waals surface area (Å²) in [5.74, 6) is -2.57. The molecule has 1 heterocycles. The van der Waals surface area contributed by atoms with Crippen molar-refractivity contribution in [2.75, 3.05) is 6.61 Å². The molecule has 0 unspecified atom stereocenters. The van der Waals surface area contributed by atoms with Gasteiger partial charge in [0.15, 0.2) is 18.3 Å². The van der Waals surface area contributed by atoms with Crippen LogP contribution in [0.4, 0.5) is 0 Å². The van der Waals surface area contributed by atoms with Gasteiger partial charge in [-0.15, -0.1) is 12.6 Å². The zero-order valence-electron chi connectivity index (χ0n) is 14.0. The molecule has 1 saturated heterocycles. The Bertz CT molecular complexity index is 513. The number of thiol groups is 1. The van der Waals surface area contributed by atoms with Crippen molar-refractivity contribution >= 4 is 36.5 Å². The van der Waals surface area contributed by atoms with E-state index in [1.807, 2.05) is 0 Å². The molecule has 11 heteroatoms. The number of ether oxygens (including phenoxy) is 5. The van der Waals surface area contributed by atoms with Gasteiger partial charge < -0.3 is 23.7 Å². The third-order valence-electron chi connectivity index (χ3n) is 2.97. The molecule has 0 aromatic carbocycles. The Balaban J connectivity index is 0.00000576. The first-order chi connectivity index (χ1) is 11.1. The summed E-state index contributed by atoms with van der Waals surface area (Å²) in [5, 5.41) is 0. The monoisotopic (exact) mass is 471 g/mol. The first-order valence-corrected chi connectivity index (χ1v) is 7.62. The topological polar surface area (TPSA) is 114 Å². The minimum Gasteiger partial charge on any atom is -0.463 e. The second kappa shape index (κ2) is 10.8. The van der Waals surface area contributed by atoms with Crippen LogP contribution in [0.2, 0.25) is 0 Å². The van der Waals surface area contributed by atoms with Gasteiger partial charge in [-0.2, -0.15) is 0 Å². The normalized spacial score (nSPS) is 28.1. The minimum atomic E-state index is -1.16. The van der Waals surface area contributed by atoms with E-state index < -0.39 is 53.7 Å². The van der Waals surface area contributed by atoms with Gasteiger partial charge in [-0.05, 0) is 0 Å². The van der Waals surface area contributed by atoms with E-state index in [1.54, 1.807) is 0 Å². The van der Waals surface area contributed by atoms with Crippen molar-refractivity contribution in [2.45, 2.75) is 57.5 Å². The summed E-state index contributed by atoms with van der Waals surface area (Å²) in [5.41, 5.74) is -0.981. The van der Waals surface area contributed by atoms with Gasteiger partial charge in [0.1, 0.15) is 18.1 Å². The Kier molecular flexibility index (Phi) is 10.4. The van der Waals surface area contributed by atoms with E-state index in [2.05, 4.69) is 12.6 Å². The van der Waals surface area contributed by atoms with Crippen LogP contribution < -0.4 is 0 Å². The molecule has 0 aromatic heterocycles. The summed E-state index contributed by atoms with van der Waals surface area (Å²) in [6, 6.07) is 0. The van der Waals surface area contributed by atoms with Crippen molar-refractivity contribution in [1.82, 2.24) is 0 Å². The van der Waals surface area contributed by atoms with E-state index in [-0.39, 0.29) is 29.0 Å². The second-order valence-electron chi connectivity index (χ2n) is 5.09. The largest absolute Gasteiger partial charge is 0.463 e. The zero-order chi connectivity index (χ0) is 18.4. The van der Waals surface area contributed by atoms with Crippen LogP contribution in [-0.2, 0) is 65.2 Å². The predicted octanol–water partition coefficient (Wildman–Crippen LogP) is -0.00320. The van der Waals surface area contributed by atoms with Crippen molar-refractivity contribution in [1.29, 1.82) is 0 Å². The third kappa shape index (κ3) is 7.78. The molecule has 5 atom stereocenters. The Morgan fingerprint density at radius 3 is 1.68 bits per heavy atom. The van der Waals surface area contributed by atoms with Crippen LogP contribution in [0.1, 0.15) is 27.7 Å². The fraction of sp³-hybridized carbons (Fsp3) is 0.714. The number of esters is 4. The van der Waals surface area contributed by atoms with E-state index >= 15 is 0 Å². The van der Waals surface area contributed by atoms with Crippen LogP contribution in [0.25, 0.3) is 0 Å². The van der Waals surface area contributed by atoms with Gasteiger partial charge in [0, 0.05) is 50.1 Å². The molecule has 0 spiro atoms. The molecule has 1 fully saturated rings. The van der Waals surface area contributed by atoms with Crippen molar-refractivity contribution < 1.29 is 65.2 Å². The number of carbonyl (C=O) groups is 4. The predicted molar refractivity (Wildman–Crippen MR) is 80.9 cm³/mol. The quantitative estimate of drug-likeness (QED) is 0.256. The SMILES string of the molecule is CC(=O)OC[C@H]1O[C@@H](S)[C@H](OC(C)=O)[C@@H](OC(C)=O)[C@@H]1OC(C)=O.[Ag]. The maximum Gasteiger partial charge on any atom is 0.303 e. The Morgan fingerprint density at radius 2 is 1.24 bits per heavy atom. The maximum atomic E-state index is 11.4. The van der Waals surface area contributed by atoms with E-state index in [9.17, 15) is 19.2 Å². The van der Waals surface area contributed by atoms with E-state index in [0.29, 0.717) is 0 Å². The average Bonchev–Trinajstić information content (AvgIpc) is 2.42. The summed E-state index contributed by atoms with van der Waals surface area (Å²) >= 11 is 4.18. The zero-order valence-corrected chi connectivity index (χ0v) is 16.4. The molecule has 9 nitrogen and oxygen atoms in total. The number of carbonyl (C=O) groups excluding carboxylic acids is 4. The molecular formula is C14H20AgO9S.